The Kier molecular flexibility index (Phi) is 6.68. The average Bonchev–Trinajstić information content (AvgIpc) is 3.25. The average molecular weight is 398 g/mol. The maximum Gasteiger partial charge on any atom is 0.338 e. The van der Waals surface area contributed by atoms with Crippen molar-refractivity contribution >= 4 is 35.0 Å². The number of carbonyl (C=O) groups is 2. The van der Waals surface area contributed by atoms with Crippen LogP contribution in [0.4, 0.5) is 0 Å². The number of rotatable bonds is 7. The van der Waals surface area contributed by atoms with Crippen molar-refractivity contribution in [1.29, 1.82) is 0 Å². The van der Waals surface area contributed by atoms with Gasteiger partial charge in [-0.3, -0.25) is 4.79 Å². The smallest absolute Gasteiger partial charge is 0.338 e. The number of amides is 1. The van der Waals surface area contributed by atoms with E-state index in [-0.39, 0.29) is 18.6 Å². The first-order valence-corrected chi connectivity index (χ1v) is 10.5. The van der Waals surface area contributed by atoms with Crippen LogP contribution in [0.2, 0.25) is 0 Å². The molecular weight excluding hydrogens is 378 g/mol. The summed E-state index contributed by atoms with van der Waals surface area (Å²) in [4.78, 5) is 26.6. The number of esters is 1. The van der Waals surface area contributed by atoms with Crippen LogP contribution in [0.3, 0.4) is 0 Å². The molecule has 0 radical (unpaired) electrons. The van der Waals surface area contributed by atoms with Crippen LogP contribution in [0.5, 0.6) is 0 Å². The van der Waals surface area contributed by atoms with E-state index in [4.69, 9.17) is 4.74 Å². The molecule has 2 aromatic carbocycles. The van der Waals surface area contributed by atoms with E-state index in [1.165, 1.54) is 0 Å². The Morgan fingerprint density at radius 2 is 1.78 bits per heavy atom. The van der Waals surface area contributed by atoms with Crippen LogP contribution in [-0.2, 0) is 9.53 Å². The van der Waals surface area contributed by atoms with Crippen molar-refractivity contribution < 1.29 is 14.3 Å². The second kappa shape index (κ2) is 9.39. The van der Waals surface area contributed by atoms with Gasteiger partial charge in [0.25, 0.3) is 5.91 Å². The molecule has 0 aliphatic carbocycles. The van der Waals surface area contributed by atoms with E-state index in [1.54, 1.807) is 35.2 Å². The minimum Gasteiger partial charge on any atom is -0.452 e. The Labute approximate surface area is 166 Å². The van der Waals surface area contributed by atoms with Gasteiger partial charge in [-0.1, -0.05) is 36.4 Å². The number of hydrogen-bond acceptors (Lipinski definition) is 5. The third kappa shape index (κ3) is 5.21. The van der Waals surface area contributed by atoms with Gasteiger partial charge in [-0.15, -0.1) is 23.1 Å². The molecule has 1 atom stereocenters. The zero-order valence-electron chi connectivity index (χ0n) is 14.8. The molecule has 0 spiro atoms. The third-order valence-electron chi connectivity index (χ3n) is 3.93. The van der Waals surface area contributed by atoms with Gasteiger partial charge in [0, 0.05) is 9.77 Å². The lowest BCUT2D eigenvalue weighted by Gasteiger charge is -2.18. The van der Waals surface area contributed by atoms with Crippen LogP contribution in [0.1, 0.15) is 26.8 Å². The van der Waals surface area contributed by atoms with Crippen LogP contribution in [0.15, 0.2) is 77.0 Å². The molecule has 1 N–H and O–H groups in total. The molecule has 4 nitrogen and oxygen atoms in total. The maximum absolute atomic E-state index is 12.4. The maximum atomic E-state index is 12.4. The second-order valence-electron chi connectivity index (χ2n) is 5.73. The Bertz CT molecular complexity index is 878. The summed E-state index contributed by atoms with van der Waals surface area (Å²) in [6, 6.07) is 20.5. The van der Waals surface area contributed by atoms with E-state index in [0.717, 1.165) is 15.3 Å². The van der Waals surface area contributed by atoms with E-state index >= 15 is 0 Å². The van der Waals surface area contributed by atoms with Crippen LogP contribution in [0, 0.1) is 0 Å². The van der Waals surface area contributed by atoms with Crippen molar-refractivity contribution in [2.24, 2.45) is 0 Å². The summed E-state index contributed by atoms with van der Waals surface area (Å²) in [6.07, 6.45) is 1.97. The van der Waals surface area contributed by atoms with Gasteiger partial charge in [0.15, 0.2) is 6.61 Å². The summed E-state index contributed by atoms with van der Waals surface area (Å²) < 4.78 is 5.16. The molecule has 6 heteroatoms. The van der Waals surface area contributed by atoms with E-state index < -0.39 is 5.97 Å². The number of carbonyl (C=O) groups excluding carboxylic acids is 2. The standard InChI is InChI=1S/C21H19NO3S2/c1-26-17-11-9-16(10-12-17)21(24)25-14-19(23)22-20(18-8-5-13-27-18)15-6-3-2-4-7-15/h2-13,20H,14H2,1H3,(H,22,23)/t20-/m0/s1. The highest BCUT2D eigenvalue weighted by atomic mass is 32.2. The van der Waals surface area contributed by atoms with E-state index in [9.17, 15) is 9.59 Å². The van der Waals surface area contributed by atoms with Gasteiger partial charge in [0.05, 0.1) is 11.6 Å². The number of thiophene rings is 1. The van der Waals surface area contributed by atoms with Crippen molar-refractivity contribution in [3.63, 3.8) is 0 Å². The van der Waals surface area contributed by atoms with Gasteiger partial charge in [0.2, 0.25) is 0 Å². The SMILES string of the molecule is CSc1ccc(C(=O)OCC(=O)N[C@@H](c2ccccc2)c2cccs2)cc1. The highest BCUT2D eigenvalue weighted by molar-refractivity contribution is 7.98. The van der Waals surface area contributed by atoms with Crippen molar-refractivity contribution in [3.05, 3.63) is 88.1 Å². The van der Waals surface area contributed by atoms with Crippen LogP contribution >= 0.6 is 23.1 Å². The van der Waals surface area contributed by atoms with E-state index in [1.807, 2.05) is 66.2 Å². The Morgan fingerprint density at radius 1 is 1.04 bits per heavy atom. The minimum absolute atomic E-state index is 0.265. The quantitative estimate of drug-likeness (QED) is 0.470. The molecule has 1 heterocycles. The molecule has 0 bridgehead atoms. The molecule has 3 aromatic rings. The lowest BCUT2D eigenvalue weighted by Crippen LogP contribution is -2.32. The molecule has 138 valence electrons. The van der Waals surface area contributed by atoms with E-state index in [2.05, 4.69) is 5.32 Å². The van der Waals surface area contributed by atoms with Gasteiger partial charge in [-0.05, 0) is 47.5 Å². The van der Waals surface area contributed by atoms with Crippen molar-refractivity contribution in [1.82, 2.24) is 5.32 Å². The van der Waals surface area contributed by atoms with Crippen LogP contribution in [0.25, 0.3) is 0 Å². The van der Waals surface area contributed by atoms with Gasteiger partial charge in [0.1, 0.15) is 0 Å². The number of nitrogens with one attached hydrogen (secondary N) is 1. The number of benzene rings is 2. The number of hydrogen-bond donors (Lipinski definition) is 1. The summed E-state index contributed by atoms with van der Waals surface area (Å²) >= 11 is 3.16. The number of thioether (sulfide) groups is 1. The molecule has 27 heavy (non-hydrogen) atoms. The molecular formula is C21H19NO3S2. The Balaban J connectivity index is 1.61. The third-order valence-corrected chi connectivity index (χ3v) is 5.61. The first-order chi connectivity index (χ1) is 13.2. The molecule has 0 fully saturated rings. The summed E-state index contributed by atoms with van der Waals surface area (Å²) in [5.41, 5.74) is 1.41. The predicted octanol–water partition coefficient (Wildman–Crippen LogP) is 4.53. The molecule has 1 aromatic heterocycles. The largest absolute Gasteiger partial charge is 0.452 e. The molecule has 0 aliphatic rings. The fourth-order valence-electron chi connectivity index (χ4n) is 2.56. The fraction of sp³-hybridized carbons (Fsp3) is 0.143. The molecule has 3 rings (SSSR count). The van der Waals surface area contributed by atoms with Crippen molar-refractivity contribution in [3.8, 4) is 0 Å². The number of ether oxygens (including phenoxy) is 1. The predicted molar refractivity (Wildman–Crippen MR) is 109 cm³/mol. The lowest BCUT2D eigenvalue weighted by atomic mass is 10.1. The van der Waals surface area contributed by atoms with Gasteiger partial charge in [-0.2, -0.15) is 0 Å². The normalized spacial score (nSPS) is 11.6. The molecule has 0 aliphatic heterocycles. The van der Waals surface area contributed by atoms with Crippen molar-refractivity contribution in [2.75, 3.05) is 12.9 Å². The summed E-state index contributed by atoms with van der Waals surface area (Å²) in [6.45, 7) is -0.322. The topological polar surface area (TPSA) is 55.4 Å². The summed E-state index contributed by atoms with van der Waals surface area (Å²) in [7, 11) is 0. The highest BCUT2D eigenvalue weighted by Crippen LogP contribution is 2.25. The first kappa shape index (κ1) is 19.2. The fourth-order valence-corrected chi connectivity index (χ4v) is 3.77. The zero-order valence-corrected chi connectivity index (χ0v) is 16.4. The van der Waals surface area contributed by atoms with Crippen LogP contribution < -0.4 is 5.32 Å². The van der Waals surface area contributed by atoms with Crippen molar-refractivity contribution in [2.45, 2.75) is 10.9 Å². The first-order valence-electron chi connectivity index (χ1n) is 8.36. The summed E-state index contributed by atoms with van der Waals surface area (Å²) in [5.74, 6) is -0.850. The lowest BCUT2D eigenvalue weighted by molar-refractivity contribution is -0.124. The monoisotopic (exact) mass is 397 g/mol. The molecule has 0 unspecified atom stereocenters. The second-order valence-corrected chi connectivity index (χ2v) is 7.59. The van der Waals surface area contributed by atoms with Crippen LogP contribution in [-0.4, -0.2) is 24.7 Å². The Morgan fingerprint density at radius 3 is 2.41 bits per heavy atom. The highest BCUT2D eigenvalue weighted by Gasteiger charge is 2.19. The summed E-state index contributed by atoms with van der Waals surface area (Å²) in [5, 5.41) is 4.92. The molecule has 0 saturated carbocycles. The van der Waals surface area contributed by atoms with Gasteiger partial charge >= 0.3 is 5.97 Å². The van der Waals surface area contributed by atoms with Gasteiger partial charge in [-0.25, -0.2) is 4.79 Å². The molecule has 0 saturated heterocycles. The molecule has 1 amide bonds. The minimum atomic E-state index is -0.509. The zero-order chi connectivity index (χ0) is 19.1. The van der Waals surface area contributed by atoms with E-state index in [0.29, 0.717) is 5.56 Å². The van der Waals surface area contributed by atoms with Gasteiger partial charge < -0.3 is 10.1 Å². The Hall–Kier alpha value is -2.57.